The summed E-state index contributed by atoms with van der Waals surface area (Å²) in [6.07, 6.45) is 3.70. The molecule has 0 radical (unpaired) electrons. The molecule has 0 bridgehead atoms. The van der Waals surface area contributed by atoms with E-state index in [2.05, 4.69) is 43.4 Å². The number of hydrogen-bond donors (Lipinski definition) is 1. The highest BCUT2D eigenvalue weighted by Crippen LogP contribution is 2.13. The van der Waals surface area contributed by atoms with Crippen molar-refractivity contribution < 1.29 is 4.74 Å². The molecular weight excluding hydrogens is 236 g/mol. The van der Waals surface area contributed by atoms with Gasteiger partial charge in [0.1, 0.15) is 5.75 Å². The second-order valence-electron chi connectivity index (χ2n) is 5.12. The van der Waals surface area contributed by atoms with Crippen molar-refractivity contribution in [2.45, 2.75) is 38.8 Å². The molecule has 0 heterocycles. The molecule has 19 heavy (non-hydrogen) atoms. The third-order valence-corrected chi connectivity index (χ3v) is 3.61. The fraction of sp³-hybridized carbons (Fsp3) is 0.625. The molecule has 3 heteroatoms. The number of benzene rings is 1. The Labute approximate surface area is 118 Å². The van der Waals surface area contributed by atoms with Crippen molar-refractivity contribution in [1.82, 2.24) is 10.2 Å². The van der Waals surface area contributed by atoms with Crippen LogP contribution in [0.15, 0.2) is 24.3 Å². The van der Waals surface area contributed by atoms with Gasteiger partial charge in [-0.3, -0.25) is 0 Å². The van der Waals surface area contributed by atoms with Crippen molar-refractivity contribution in [3.63, 3.8) is 0 Å². The van der Waals surface area contributed by atoms with E-state index in [4.69, 9.17) is 4.74 Å². The normalized spacial score (nSPS) is 12.7. The van der Waals surface area contributed by atoms with Crippen LogP contribution in [0.2, 0.25) is 0 Å². The quantitative estimate of drug-likeness (QED) is 0.742. The average molecular weight is 264 g/mol. The zero-order chi connectivity index (χ0) is 14.1. The lowest BCUT2D eigenvalue weighted by molar-refractivity contribution is 0.309. The van der Waals surface area contributed by atoms with Gasteiger partial charge in [-0.15, -0.1) is 0 Å². The molecule has 108 valence electrons. The first kappa shape index (κ1) is 16.0. The summed E-state index contributed by atoms with van der Waals surface area (Å²) in [6.45, 7) is 4.38. The SMILES string of the molecule is CCC(CCCN(C)Cc1ccc(OC)cc1)NC. The van der Waals surface area contributed by atoms with Gasteiger partial charge in [-0.05, 0) is 57.6 Å². The van der Waals surface area contributed by atoms with Crippen LogP contribution in [0.4, 0.5) is 0 Å². The Kier molecular flexibility index (Phi) is 7.53. The molecule has 1 atom stereocenters. The van der Waals surface area contributed by atoms with Crippen LogP contribution in [-0.4, -0.2) is 38.7 Å². The van der Waals surface area contributed by atoms with Gasteiger partial charge in [0, 0.05) is 12.6 Å². The summed E-state index contributed by atoms with van der Waals surface area (Å²) in [5.41, 5.74) is 1.34. The Bertz CT molecular complexity index is 333. The van der Waals surface area contributed by atoms with Crippen LogP contribution in [-0.2, 0) is 6.54 Å². The predicted octanol–water partition coefficient (Wildman–Crippen LogP) is 2.91. The van der Waals surface area contributed by atoms with E-state index in [0.717, 1.165) is 18.8 Å². The van der Waals surface area contributed by atoms with Crippen LogP contribution in [0.25, 0.3) is 0 Å². The molecule has 3 nitrogen and oxygen atoms in total. The fourth-order valence-electron chi connectivity index (χ4n) is 2.28. The second-order valence-corrected chi connectivity index (χ2v) is 5.12. The zero-order valence-corrected chi connectivity index (χ0v) is 12.8. The molecule has 0 aliphatic carbocycles. The number of nitrogens with one attached hydrogen (secondary N) is 1. The Morgan fingerprint density at radius 3 is 2.47 bits per heavy atom. The van der Waals surface area contributed by atoms with Gasteiger partial charge in [0.2, 0.25) is 0 Å². The number of hydrogen-bond acceptors (Lipinski definition) is 3. The van der Waals surface area contributed by atoms with Gasteiger partial charge in [0.25, 0.3) is 0 Å². The Balaban J connectivity index is 2.28. The van der Waals surface area contributed by atoms with Gasteiger partial charge in [0.05, 0.1) is 7.11 Å². The van der Waals surface area contributed by atoms with E-state index < -0.39 is 0 Å². The third-order valence-electron chi connectivity index (χ3n) is 3.61. The molecule has 0 saturated heterocycles. The van der Waals surface area contributed by atoms with Crippen LogP contribution in [0.5, 0.6) is 5.75 Å². The van der Waals surface area contributed by atoms with Crippen molar-refractivity contribution in [3.8, 4) is 5.75 Å². The van der Waals surface area contributed by atoms with Gasteiger partial charge < -0.3 is 15.0 Å². The van der Waals surface area contributed by atoms with Crippen molar-refractivity contribution in [2.24, 2.45) is 0 Å². The summed E-state index contributed by atoms with van der Waals surface area (Å²) >= 11 is 0. The molecule has 0 fully saturated rings. The van der Waals surface area contributed by atoms with E-state index in [1.807, 2.05) is 12.1 Å². The molecule has 1 aromatic rings. The Morgan fingerprint density at radius 1 is 1.26 bits per heavy atom. The minimum Gasteiger partial charge on any atom is -0.497 e. The first-order valence-electron chi connectivity index (χ1n) is 7.18. The molecule has 1 unspecified atom stereocenters. The lowest BCUT2D eigenvalue weighted by atomic mass is 10.1. The highest BCUT2D eigenvalue weighted by molar-refractivity contribution is 5.26. The Morgan fingerprint density at radius 2 is 1.95 bits per heavy atom. The molecular formula is C16H28N2O. The standard InChI is InChI=1S/C16H28N2O/c1-5-15(17-2)7-6-12-18(3)13-14-8-10-16(19-4)11-9-14/h8-11,15,17H,5-7,12-13H2,1-4H3. The van der Waals surface area contributed by atoms with E-state index in [1.165, 1.54) is 24.8 Å². The maximum atomic E-state index is 5.17. The molecule has 0 aliphatic rings. The lowest BCUT2D eigenvalue weighted by Crippen LogP contribution is -2.26. The summed E-state index contributed by atoms with van der Waals surface area (Å²) in [5, 5.41) is 3.36. The summed E-state index contributed by atoms with van der Waals surface area (Å²) in [5.74, 6) is 0.922. The van der Waals surface area contributed by atoms with Crippen molar-refractivity contribution in [3.05, 3.63) is 29.8 Å². The molecule has 0 aliphatic heterocycles. The van der Waals surface area contributed by atoms with Gasteiger partial charge in [-0.1, -0.05) is 19.1 Å². The van der Waals surface area contributed by atoms with E-state index in [9.17, 15) is 0 Å². The predicted molar refractivity (Wildman–Crippen MR) is 81.7 cm³/mol. The monoisotopic (exact) mass is 264 g/mol. The largest absolute Gasteiger partial charge is 0.497 e. The maximum Gasteiger partial charge on any atom is 0.118 e. The number of rotatable bonds is 9. The molecule has 0 spiro atoms. The number of nitrogens with zero attached hydrogens (tertiary/aromatic N) is 1. The van der Waals surface area contributed by atoms with Gasteiger partial charge in [-0.25, -0.2) is 0 Å². The van der Waals surface area contributed by atoms with Gasteiger partial charge in [-0.2, -0.15) is 0 Å². The summed E-state index contributed by atoms with van der Waals surface area (Å²) in [6, 6.07) is 8.99. The van der Waals surface area contributed by atoms with E-state index in [0.29, 0.717) is 6.04 Å². The maximum absolute atomic E-state index is 5.17. The topological polar surface area (TPSA) is 24.5 Å². The molecule has 0 aromatic heterocycles. The van der Waals surface area contributed by atoms with E-state index >= 15 is 0 Å². The van der Waals surface area contributed by atoms with Gasteiger partial charge in [0.15, 0.2) is 0 Å². The van der Waals surface area contributed by atoms with Crippen LogP contribution in [0, 0.1) is 0 Å². The Hall–Kier alpha value is -1.06. The first-order valence-corrected chi connectivity index (χ1v) is 7.18. The summed E-state index contributed by atoms with van der Waals surface area (Å²) in [4.78, 5) is 2.38. The molecule has 0 amide bonds. The molecule has 1 rings (SSSR count). The summed E-state index contributed by atoms with van der Waals surface area (Å²) < 4.78 is 5.17. The zero-order valence-electron chi connectivity index (χ0n) is 12.8. The molecule has 1 N–H and O–H groups in total. The van der Waals surface area contributed by atoms with Crippen molar-refractivity contribution in [1.29, 1.82) is 0 Å². The van der Waals surface area contributed by atoms with E-state index in [-0.39, 0.29) is 0 Å². The van der Waals surface area contributed by atoms with Crippen LogP contribution in [0.1, 0.15) is 31.7 Å². The average Bonchev–Trinajstić information content (AvgIpc) is 2.44. The number of ether oxygens (including phenoxy) is 1. The van der Waals surface area contributed by atoms with Gasteiger partial charge >= 0.3 is 0 Å². The minimum atomic E-state index is 0.661. The van der Waals surface area contributed by atoms with Crippen LogP contribution < -0.4 is 10.1 Å². The molecule has 1 aromatic carbocycles. The van der Waals surface area contributed by atoms with E-state index in [1.54, 1.807) is 7.11 Å². The second kappa shape index (κ2) is 8.94. The summed E-state index contributed by atoms with van der Waals surface area (Å²) in [7, 11) is 5.94. The third kappa shape index (κ3) is 6.08. The number of methoxy groups -OCH3 is 1. The van der Waals surface area contributed by atoms with Crippen LogP contribution in [0.3, 0.4) is 0 Å². The van der Waals surface area contributed by atoms with Crippen molar-refractivity contribution in [2.75, 3.05) is 27.7 Å². The molecule has 0 saturated carbocycles. The smallest absolute Gasteiger partial charge is 0.118 e. The van der Waals surface area contributed by atoms with Crippen LogP contribution >= 0.6 is 0 Å². The minimum absolute atomic E-state index is 0.661. The fourth-order valence-corrected chi connectivity index (χ4v) is 2.28. The highest BCUT2D eigenvalue weighted by atomic mass is 16.5. The highest BCUT2D eigenvalue weighted by Gasteiger charge is 2.05. The lowest BCUT2D eigenvalue weighted by Gasteiger charge is -2.19. The van der Waals surface area contributed by atoms with Crippen molar-refractivity contribution >= 4 is 0 Å². The first-order chi connectivity index (χ1) is 9.19.